The van der Waals surface area contributed by atoms with E-state index < -0.39 is 42.9 Å². The Morgan fingerprint density at radius 3 is 2.41 bits per heavy atom. The number of aliphatic hydroxyl groups excluding tert-OH is 4. The Kier molecular flexibility index (Phi) is 5.35. The third-order valence-electron chi connectivity index (χ3n) is 4.90. The molecular weight excluding hydrogens is 380 g/mol. The van der Waals surface area contributed by atoms with Crippen molar-refractivity contribution >= 4 is 11.0 Å². The van der Waals surface area contributed by atoms with Crippen LogP contribution in [0.1, 0.15) is 0 Å². The van der Waals surface area contributed by atoms with Crippen LogP contribution in [-0.4, -0.2) is 57.7 Å². The minimum atomic E-state index is -1.55. The topological polar surface area (TPSA) is 130 Å². The van der Waals surface area contributed by atoms with Crippen molar-refractivity contribution < 1.29 is 34.3 Å². The summed E-state index contributed by atoms with van der Waals surface area (Å²) in [5.41, 5.74) is 1.31. The van der Waals surface area contributed by atoms with Crippen molar-refractivity contribution in [1.82, 2.24) is 0 Å². The quantitative estimate of drug-likeness (QED) is 0.470. The minimum Gasteiger partial charge on any atom is -0.462 e. The van der Waals surface area contributed by atoms with E-state index >= 15 is 0 Å². The fraction of sp³-hybridized carbons (Fsp3) is 0.286. The van der Waals surface area contributed by atoms with E-state index in [2.05, 4.69) is 0 Å². The summed E-state index contributed by atoms with van der Waals surface area (Å²) >= 11 is 0. The van der Waals surface area contributed by atoms with Gasteiger partial charge in [0.25, 0.3) is 0 Å². The number of benzene rings is 2. The van der Waals surface area contributed by atoms with Crippen LogP contribution < -0.4 is 10.4 Å². The van der Waals surface area contributed by atoms with Crippen molar-refractivity contribution in [3.05, 3.63) is 65.0 Å². The summed E-state index contributed by atoms with van der Waals surface area (Å²) in [6.45, 7) is -0.558. The highest BCUT2D eigenvalue weighted by molar-refractivity contribution is 5.93. The zero-order valence-corrected chi connectivity index (χ0v) is 15.2. The van der Waals surface area contributed by atoms with Gasteiger partial charge in [0.15, 0.2) is 0 Å². The summed E-state index contributed by atoms with van der Waals surface area (Å²) in [7, 11) is 0. The molecule has 8 nitrogen and oxygen atoms in total. The van der Waals surface area contributed by atoms with E-state index in [1.807, 2.05) is 30.3 Å². The number of ether oxygens (including phenoxy) is 2. The molecule has 0 saturated carbocycles. The molecule has 0 unspecified atom stereocenters. The Hall–Kier alpha value is -2.75. The predicted molar refractivity (Wildman–Crippen MR) is 102 cm³/mol. The Morgan fingerprint density at radius 2 is 1.69 bits per heavy atom. The lowest BCUT2D eigenvalue weighted by Crippen LogP contribution is -2.60. The summed E-state index contributed by atoms with van der Waals surface area (Å²) in [5, 5.41) is 39.8. The first kappa shape index (κ1) is 19.6. The molecule has 0 aliphatic carbocycles. The molecule has 152 valence electrons. The molecule has 5 atom stereocenters. The molecule has 1 aromatic heterocycles. The third-order valence-corrected chi connectivity index (χ3v) is 4.90. The van der Waals surface area contributed by atoms with Crippen LogP contribution in [0.25, 0.3) is 22.1 Å². The van der Waals surface area contributed by atoms with Gasteiger partial charge in [0.2, 0.25) is 6.29 Å². The van der Waals surface area contributed by atoms with E-state index in [9.17, 15) is 25.2 Å². The van der Waals surface area contributed by atoms with Gasteiger partial charge in [-0.3, -0.25) is 0 Å². The van der Waals surface area contributed by atoms with Gasteiger partial charge in [-0.05, 0) is 23.3 Å². The van der Waals surface area contributed by atoms with Crippen molar-refractivity contribution in [3.63, 3.8) is 0 Å². The van der Waals surface area contributed by atoms with E-state index in [1.165, 1.54) is 12.1 Å². The zero-order valence-electron chi connectivity index (χ0n) is 15.2. The molecule has 0 amide bonds. The molecule has 29 heavy (non-hydrogen) atoms. The van der Waals surface area contributed by atoms with Crippen molar-refractivity contribution in [3.8, 4) is 16.9 Å². The van der Waals surface area contributed by atoms with Crippen LogP contribution in [0.3, 0.4) is 0 Å². The monoisotopic (exact) mass is 400 g/mol. The second-order valence-electron chi connectivity index (χ2n) is 6.82. The normalized spacial score (nSPS) is 27.1. The molecular formula is C21H20O8. The molecule has 1 aliphatic heterocycles. The first-order chi connectivity index (χ1) is 14.0. The van der Waals surface area contributed by atoms with Crippen LogP contribution in [0.5, 0.6) is 5.75 Å². The summed E-state index contributed by atoms with van der Waals surface area (Å²) < 4.78 is 16.2. The van der Waals surface area contributed by atoms with Crippen molar-refractivity contribution in [2.45, 2.75) is 30.7 Å². The van der Waals surface area contributed by atoms with Gasteiger partial charge in [0.05, 0.1) is 6.61 Å². The molecule has 0 spiro atoms. The SMILES string of the molecule is O=c1cc(-c2ccccc2)c2ccc(O[C@@H]3O[C@H](CO)[C@H](O)[C@H](O)[C@H]3O)cc2o1. The Bertz CT molecular complexity index is 1050. The molecule has 4 N–H and O–H groups in total. The number of fused-ring (bicyclic) bond motifs is 1. The van der Waals surface area contributed by atoms with Gasteiger partial charge in [-0.1, -0.05) is 30.3 Å². The number of hydrogen-bond acceptors (Lipinski definition) is 8. The minimum absolute atomic E-state index is 0.218. The van der Waals surface area contributed by atoms with Gasteiger partial charge in [-0.2, -0.15) is 0 Å². The highest BCUT2D eigenvalue weighted by Gasteiger charge is 2.44. The van der Waals surface area contributed by atoms with Crippen LogP contribution in [0.4, 0.5) is 0 Å². The van der Waals surface area contributed by atoms with Gasteiger partial charge >= 0.3 is 5.63 Å². The molecule has 0 bridgehead atoms. The Morgan fingerprint density at radius 1 is 0.931 bits per heavy atom. The lowest BCUT2D eigenvalue weighted by atomic mass is 9.99. The standard InChI is InChI=1S/C21H20O8/c22-10-16-18(24)19(25)20(26)21(29-16)27-12-6-7-13-14(11-4-2-1-3-5-11)9-17(23)28-15(13)8-12/h1-9,16,18-22,24-26H,10H2/t16-,18+,19+,20-,21-/m1/s1. The van der Waals surface area contributed by atoms with Crippen LogP contribution in [-0.2, 0) is 4.74 Å². The van der Waals surface area contributed by atoms with E-state index in [-0.39, 0.29) is 11.3 Å². The van der Waals surface area contributed by atoms with Crippen LogP contribution in [0.15, 0.2) is 63.8 Å². The van der Waals surface area contributed by atoms with Gasteiger partial charge in [0, 0.05) is 17.5 Å². The second-order valence-corrected chi connectivity index (χ2v) is 6.82. The van der Waals surface area contributed by atoms with Crippen LogP contribution in [0, 0.1) is 0 Å². The number of rotatable bonds is 4. The fourth-order valence-corrected chi connectivity index (χ4v) is 3.37. The molecule has 1 aliphatic rings. The maximum atomic E-state index is 12.0. The first-order valence-electron chi connectivity index (χ1n) is 9.08. The lowest BCUT2D eigenvalue weighted by molar-refractivity contribution is -0.277. The number of aliphatic hydroxyl groups is 4. The zero-order chi connectivity index (χ0) is 20.5. The predicted octanol–water partition coefficient (Wildman–Crippen LogP) is 0.639. The highest BCUT2D eigenvalue weighted by Crippen LogP contribution is 2.31. The molecule has 8 heteroatoms. The molecule has 3 aromatic rings. The van der Waals surface area contributed by atoms with Crippen molar-refractivity contribution in [2.24, 2.45) is 0 Å². The van der Waals surface area contributed by atoms with E-state index in [4.69, 9.17) is 13.9 Å². The van der Waals surface area contributed by atoms with Crippen LogP contribution in [0.2, 0.25) is 0 Å². The average Bonchev–Trinajstić information content (AvgIpc) is 2.74. The van der Waals surface area contributed by atoms with E-state index in [1.54, 1.807) is 12.1 Å². The maximum Gasteiger partial charge on any atom is 0.336 e. The molecule has 1 saturated heterocycles. The van der Waals surface area contributed by atoms with E-state index in [0.29, 0.717) is 10.9 Å². The molecule has 2 aromatic carbocycles. The summed E-state index contributed by atoms with van der Waals surface area (Å²) in [6.07, 6.45) is -6.97. The molecule has 2 heterocycles. The van der Waals surface area contributed by atoms with E-state index in [0.717, 1.165) is 5.56 Å². The highest BCUT2D eigenvalue weighted by atomic mass is 16.7. The molecule has 4 rings (SSSR count). The first-order valence-corrected chi connectivity index (χ1v) is 9.08. The fourth-order valence-electron chi connectivity index (χ4n) is 3.37. The van der Waals surface area contributed by atoms with Crippen molar-refractivity contribution in [2.75, 3.05) is 6.61 Å². The van der Waals surface area contributed by atoms with Gasteiger partial charge in [0.1, 0.15) is 35.7 Å². The average molecular weight is 400 g/mol. The Labute approximate surface area is 165 Å². The molecule has 1 fully saturated rings. The lowest BCUT2D eigenvalue weighted by Gasteiger charge is -2.39. The smallest absolute Gasteiger partial charge is 0.336 e. The van der Waals surface area contributed by atoms with Gasteiger partial charge in [-0.25, -0.2) is 4.79 Å². The van der Waals surface area contributed by atoms with Gasteiger partial charge < -0.3 is 34.3 Å². The third kappa shape index (κ3) is 3.76. The maximum absolute atomic E-state index is 12.0. The second kappa shape index (κ2) is 7.94. The summed E-state index contributed by atoms with van der Waals surface area (Å²) in [6, 6.07) is 15.6. The molecule has 0 radical (unpaired) electrons. The summed E-state index contributed by atoms with van der Waals surface area (Å²) in [4.78, 5) is 12.0. The van der Waals surface area contributed by atoms with Crippen LogP contribution >= 0.6 is 0 Å². The number of hydrogen-bond donors (Lipinski definition) is 4. The Balaban J connectivity index is 1.67. The largest absolute Gasteiger partial charge is 0.462 e. The summed E-state index contributed by atoms with van der Waals surface area (Å²) in [5.74, 6) is 0.218. The van der Waals surface area contributed by atoms with Crippen molar-refractivity contribution in [1.29, 1.82) is 0 Å². The van der Waals surface area contributed by atoms with Gasteiger partial charge in [-0.15, -0.1) is 0 Å².